The zero-order valence-corrected chi connectivity index (χ0v) is 15.1. The Morgan fingerprint density at radius 2 is 1.72 bits per heavy atom. The first-order chi connectivity index (χ1) is 11.6. The molecule has 0 amide bonds. The molecular formula is C19H21ClN2O3. The van der Waals surface area contributed by atoms with E-state index in [-0.39, 0.29) is 27.6 Å². The van der Waals surface area contributed by atoms with Gasteiger partial charge in [-0.3, -0.25) is 4.79 Å². The predicted octanol–water partition coefficient (Wildman–Crippen LogP) is 3.49. The minimum absolute atomic E-state index is 0.122. The number of hydrogen-bond acceptors (Lipinski definition) is 5. The van der Waals surface area contributed by atoms with Gasteiger partial charge in [-0.25, -0.2) is 4.79 Å². The van der Waals surface area contributed by atoms with Crippen molar-refractivity contribution in [3.63, 3.8) is 0 Å². The van der Waals surface area contributed by atoms with Crippen LogP contribution in [0.15, 0.2) is 42.5 Å². The molecule has 1 atom stereocenters. The molecule has 0 aliphatic rings. The highest BCUT2D eigenvalue weighted by Crippen LogP contribution is 2.30. The fourth-order valence-electron chi connectivity index (χ4n) is 2.32. The molecule has 0 aliphatic heterocycles. The Labute approximate surface area is 151 Å². The van der Waals surface area contributed by atoms with Gasteiger partial charge in [-0.15, -0.1) is 0 Å². The maximum absolute atomic E-state index is 12.7. The summed E-state index contributed by atoms with van der Waals surface area (Å²) in [5.74, 6) is -0.933. The molecule has 0 fully saturated rings. The van der Waals surface area contributed by atoms with Gasteiger partial charge in [0.2, 0.25) is 0 Å². The lowest BCUT2D eigenvalue weighted by molar-refractivity contribution is -0.156. The minimum atomic E-state index is -1.14. The highest BCUT2D eigenvalue weighted by Gasteiger charge is 2.27. The molecule has 0 aromatic heterocycles. The van der Waals surface area contributed by atoms with Crippen LogP contribution >= 0.6 is 11.6 Å². The van der Waals surface area contributed by atoms with Crippen LogP contribution in [-0.2, 0) is 9.53 Å². The lowest BCUT2D eigenvalue weighted by atomic mass is 9.96. The summed E-state index contributed by atoms with van der Waals surface area (Å²) in [6.45, 7) is 5.22. The van der Waals surface area contributed by atoms with E-state index in [1.807, 2.05) is 6.07 Å². The molecule has 5 nitrogen and oxygen atoms in total. The smallest absolute Gasteiger partial charge is 0.328 e. The number of nitrogen functional groups attached to an aromatic ring is 1. The standard InChI is InChI=1S/C19H21ClN2O3/c1-19(2,3)25-18(24)16(22)13-9-12(20)10-14(15(13)21)17(23)11-7-5-4-6-8-11/h4-10,16H,21-22H2,1-3H3. The molecule has 0 saturated carbocycles. The number of ketones is 1. The molecule has 1 unspecified atom stereocenters. The van der Waals surface area contributed by atoms with Gasteiger partial charge in [0.25, 0.3) is 0 Å². The highest BCUT2D eigenvalue weighted by molar-refractivity contribution is 6.31. The van der Waals surface area contributed by atoms with Crippen LogP contribution in [0.5, 0.6) is 0 Å². The Bertz CT molecular complexity index is 798. The molecule has 2 rings (SSSR count). The molecule has 0 aliphatic carbocycles. The van der Waals surface area contributed by atoms with E-state index in [1.165, 1.54) is 12.1 Å². The number of ether oxygens (including phenoxy) is 1. The summed E-state index contributed by atoms with van der Waals surface area (Å²) in [5.41, 5.74) is 12.5. The molecule has 0 spiro atoms. The van der Waals surface area contributed by atoms with Crippen LogP contribution in [0.4, 0.5) is 5.69 Å². The molecule has 0 radical (unpaired) electrons. The Kier molecular flexibility index (Phi) is 5.50. The zero-order chi connectivity index (χ0) is 18.8. The molecule has 25 heavy (non-hydrogen) atoms. The van der Waals surface area contributed by atoms with Crippen LogP contribution in [0.1, 0.15) is 48.3 Å². The topological polar surface area (TPSA) is 95.4 Å². The molecule has 0 bridgehead atoms. The molecule has 0 heterocycles. The first-order valence-corrected chi connectivity index (χ1v) is 8.15. The Morgan fingerprint density at radius 3 is 2.28 bits per heavy atom. The summed E-state index contributed by atoms with van der Waals surface area (Å²) in [4.78, 5) is 24.9. The Hall–Kier alpha value is -2.37. The van der Waals surface area contributed by atoms with E-state index in [4.69, 9.17) is 27.8 Å². The maximum Gasteiger partial charge on any atom is 0.328 e. The van der Waals surface area contributed by atoms with Crippen LogP contribution in [-0.4, -0.2) is 17.4 Å². The number of halogens is 1. The molecule has 0 saturated heterocycles. The number of rotatable bonds is 4. The Morgan fingerprint density at radius 1 is 1.12 bits per heavy atom. The van der Waals surface area contributed by atoms with Gasteiger partial charge in [0, 0.05) is 27.4 Å². The van der Waals surface area contributed by atoms with Crippen LogP contribution < -0.4 is 11.5 Å². The number of hydrogen-bond donors (Lipinski definition) is 2. The summed E-state index contributed by atoms with van der Waals surface area (Å²) >= 11 is 6.12. The third-order valence-corrected chi connectivity index (χ3v) is 3.67. The zero-order valence-electron chi connectivity index (χ0n) is 14.4. The van der Waals surface area contributed by atoms with Crippen molar-refractivity contribution in [1.82, 2.24) is 0 Å². The fraction of sp³-hybridized carbons (Fsp3) is 0.263. The largest absolute Gasteiger partial charge is 0.459 e. The normalized spacial score (nSPS) is 12.5. The van der Waals surface area contributed by atoms with Crippen molar-refractivity contribution in [1.29, 1.82) is 0 Å². The predicted molar refractivity (Wildman–Crippen MR) is 98.5 cm³/mol. The van der Waals surface area contributed by atoms with Gasteiger partial charge >= 0.3 is 5.97 Å². The molecule has 2 aromatic rings. The van der Waals surface area contributed by atoms with E-state index < -0.39 is 17.6 Å². The third-order valence-electron chi connectivity index (χ3n) is 3.45. The summed E-state index contributed by atoms with van der Waals surface area (Å²) < 4.78 is 5.29. The Balaban J connectivity index is 2.43. The van der Waals surface area contributed by atoms with Crippen LogP contribution in [0.3, 0.4) is 0 Å². The monoisotopic (exact) mass is 360 g/mol. The minimum Gasteiger partial charge on any atom is -0.459 e. The number of nitrogens with two attached hydrogens (primary N) is 2. The molecular weight excluding hydrogens is 340 g/mol. The van der Waals surface area contributed by atoms with Crippen LogP contribution in [0.2, 0.25) is 5.02 Å². The summed E-state index contributed by atoms with van der Waals surface area (Å²) in [6.07, 6.45) is 0. The maximum atomic E-state index is 12.7. The number of benzene rings is 2. The average molecular weight is 361 g/mol. The number of esters is 1. The van der Waals surface area contributed by atoms with Crippen LogP contribution in [0, 0.1) is 0 Å². The number of carbonyl (C=O) groups excluding carboxylic acids is 2. The quantitative estimate of drug-likeness (QED) is 0.494. The highest BCUT2D eigenvalue weighted by atomic mass is 35.5. The summed E-state index contributed by atoms with van der Waals surface area (Å²) in [6, 6.07) is 10.5. The third kappa shape index (κ3) is 4.59. The van der Waals surface area contributed by atoms with Gasteiger partial charge in [-0.2, -0.15) is 0 Å². The van der Waals surface area contributed by atoms with Crippen molar-refractivity contribution in [2.75, 3.05) is 5.73 Å². The summed E-state index contributed by atoms with van der Waals surface area (Å²) in [5, 5.41) is 0.266. The second-order valence-corrected chi connectivity index (χ2v) is 7.10. The number of carbonyl (C=O) groups is 2. The van der Waals surface area contributed by atoms with E-state index >= 15 is 0 Å². The van der Waals surface area contributed by atoms with Crippen molar-refractivity contribution in [3.05, 3.63) is 64.2 Å². The van der Waals surface area contributed by atoms with Gasteiger partial charge in [0.05, 0.1) is 0 Å². The van der Waals surface area contributed by atoms with Gasteiger partial charge in [-0.05, 0) is 32.9 Å². The van der Waals surface area contributed by atoms with Crippen molar-refractivity contribution < 1.29 is 14.3 Å². The first-order valence-electron chi connectivity index (χ1n) is 7.77. The average Bonchev–Trinajstić information content (AvgIpc) is 2.54. The van der Waals surface area contributed by atoms with Crippen molar-refractivity contribution in [2.24, 2.45) is 5.73 Å². The second-order valence-electron chi connectivity index (χ2n) is 6.66. The van der Waals surface area contributed by atoms with Gasteiger partial charge in [0.15, 0.2) is 5.78 Å². The molecule has 132 valence electrons. The second kappa shape index (κ2) is 7.25. The van der Waals surface area contributed by atoms with Gasteiger partial charge in [-0.1, -0.05) is 41.9 Å². The molecule has 2 aromatic carbocycles. The summed E-state index contributed by atoms with van der Waals surface area (Å²) in [7, 11) is 0. The van der Waals surface area contributed by atoms with E-state index in [9.17, 15) is 9.59 Å². The van der Waals surface area contributed by atoms with Gasteiger partial charge in [0.1, 0.15) is 11.6 Å². The fourth-order valence-corrected chi connectivity index (χ4v) is 2.55. The van der Waals surface area contributed by atoms with Crippen molar-refractivity contribution in [2.45, 2.75) is 32.4 Å². The molecule has 4 N–H and O–H groups in total. The van der Waals surface area contributed by atoms with Crippen LogP contribution in [0.25, 0.3) is 0 Å². The van der Waals surface area contributed by atoms with E-state index in [2.05, 4.69) is 0 Å². The van der Waals surface area contributed by atoms with Gasteiger partial charge < -0.3 is 16.2 Å². The lowest BCUT2D eigenvalue weighted by Gasteiger charge is -2.23. The van der Waals surface area contributed by atoms with Crippen molar-refractivity contribution in [3.8, 4) is 0 Å². The first kappa shape index (κ1) is 19.0. The lowest BCUT2D eigenvalue weighted by Crippen LogP contribution is -2.32. The van der Waals surface area contributed by atoms with E-state index in [0.717, 1.165) is 0 Å². The van der Waals surface area contributed by atoms with E-state index in [0.29, 0.717) is 5.56 Å². The number of anilines is 1. The van der Waals surface area contributed by atoms with E-state index in [1.54, 1.807) is 45.0 Å². The van der Waals surface area contributed by atoms with Crippen molar-refractivity contribution >= 4 is 29.0 Å². The SMILES string of the molecule is CC(C)(C)OC(=O)C(N)c1cc(Cl)cc(C(=O)c2ccccc2)c1N. The molecule has 6 heteroatoms.